The molecule has 1 aromatic carbocycles. The van der Waals surface area contributed by atoms with Gasteiger partial charge in [-0.15, -0.1) is 0 Å². The first kappa shape index (κ1) is 19.7. The van der Waals surface area contributed by atoms with Crippen molar-refractivity contribution in [3.05, 3.63) is 42.7 Å². The number of H-pyrrole nitrogens is 1. The lowest BCUT2D eigenvalue weighted by molar-refractivity contribution is -0.0943. The molecule has 0 aliphatic carbocycles. The van der Waals surface area contributed by atoms with Crippen molar-refractivity contribution in [3.63, 3.8) is 0 Å². The molecule has 3 heterocycles. The van der Waals surface area contributed by atoms with E-state index in [9.17, 15) is 15.3 Å². The smallest absolute Gasteiger partial charge is 0.166 e. The largest absolute Gasteiger partial charge is 0.396 e. The molecule has 3 atom stereocenters. The summed E-state index contributed by atoms with van der Waals surface area (Å²) in [5, 5.41) is 39.9. The van der Waals surface area contributed by atoms with Gasteiger partial charge in [0.25, 0.3) is 0 Å². The third-order valence-electron chi connectivity index (χ3n) is 4.63. The Balaban J connectivity index is 1.58. The second-order valence-electron chi connectivity index (χ2n) is 6.49. The van der Waals surface area contributed by atoms with E-state index in [-0.39, 0.29) is 13.0 Å². The van der Waals surface area contributed by atoms with E-state index in [1.54, 1.807) is 6.33 Å². The molecule has 0 aliphatic heterocycles. The van der Waals surface area contributed by atoms with Gasteiger partial charge in [-0.1, -0.05) is 23.9 Å². The van der Waals surface area contributed by atoms with Gasteiger partial charge in [-0.25, -0.2) is 19.9 Å². The van der Waals surface area contributed by atoms with Crippen molar-refractivity contribution < 1.29 is 20.4 Å². The van der Waals surface area contributed by atoms with Crippen molar-refractivity contribution in [1.82, 2.24) is 29.5 Å². The molecule has 10 nitrogen and oxygen atoms in total. The minimum Gasteiger partial charge on any atom is -0.396 e. The molecule has 0 saturated heterocycles. The highest BCUT2D eigenvalue weighted by Crippen LogP contribution is 2.29. The van der Waals surface area contributed by atoms with Crippen LogP contribution in [-0.4, -0.2) is 68.7 Å². The maximum absolute atomic E-state index is 10.4. The summed E-state index contributed by atoms with van der Waals surface area (Å²) in [5.41, 5.74) is 3.71. The molecular weight excluding hydrogens is 396 g/mol. The van der Waals surface area contributed by atoms with Crippen LogP contribution < -0.4 is 0 Å². The number of hydrogen-bond acceptors (Lipinski definition) is 9. The molecule has 0 saturated carbocycles. The summed E-state index contributed by atoms with van der Waals surface area (Å²) in [6.45, 7) is -0.304. The van der Waals surface area contributed by atoms with Crippen LogP contribution in [0.1, 0.15) is 18.2 Å². The summed E-state index contributed by atoms with van der Waals surface area (Å²) < 4.78 is 1.28. The second kappa shape index (κ2) is 8.43. The van der Waals surface area contributed by atoms with Gasteiger partial charge in [-0.2, -0.15) is 0 Å². The van der Waals surface area contributed by atoms with Gasteiger partial charge >= 0.3 is 0 Å². The third-order valence-corrected chi connectivity index (χ3v) is 5.66. The zero-order valence-corrected chi connectivity index (χ0v) is 16.1. The number of aliphatic hydroxyl groups excluding tert-OH is 4. The van der Waals surface area contributed by atoms with Gasteiger partial charge in [-0.05, 0) is 18.1 Å². The van der Waals surface area contributed by atoms with Crippen molar-refractivity contribution >= 4 is 34.0 Å². The number of aromatic nitrogens is 6. The molecule has 0 amide bonds. The van der Waals surface area contributed by atoms with Crippen LogP contribution in [0.25, 0.3) is 22.2 Å². The molecule has 5 N–H and O–H groups in total. The lowest BCUT2D eigenvalue weighted by atomic mass is 10.1. The molecule has 152 valence electrons. The van der Waals surface area contributed by atoms with E-state index < -0.39 is 18.4 Å². The van der Waals surface area contributed by atoms with Crippen LogP contribution in [0.2, 0.25) is 0 Å². The topological polar surface area (TPSA) is 153 Å². The molecule has 0 radical (unpaired) electrons. The van der Waals surface area contributed by atoms with Crippen molar-refractivity contribution in [2.75, 3.05) is 6.61 Å². The number of rotatable bonds is 8. The van der Waals surface area contributed by atoms with Crippen LogP contribution in [0, 0.1) is 0 Å². The van der Waals surface area contributed by atoms with Crippen LogP contribution in [0.15, 0.2) is 42.2 Å². The molecule has 0 aliphatic rings. The minimum absolute atomic E-state index is 0.0559. The Hall–Kier alpha value is -2.57. The van der Waals surface area contributed by atoms with Crippen LogP contribution in [-0.2, 0) is 5.75 Å². The van der Waals surface area contributed by atoms with Gasteiger partial charge in [-0.3, -0.25) is 4.57 Å². The first-order chi connectivity index (χ1) is 14.1. The number of hydrogen-bond donors (Lipinski definition) is 5. The number of thioether (sulfide) groups is 1. The highest BCUT2D eigenvalue weighted by atomic mass is 32.2. The standard InChI is InChI=1S/C18H20N6O4S/c25-5-4-12(26)15(27)18(28)24-9-23-14-16(24)21-8-22-17(14)29-6-10-2-1-3-11-13(10)20-7-19-11/h1-3,7-9,12,15,18,25-28H,4-6H2,(H,19,20). The lowest BCUT2D eigenvalue weighted by Gasteiger charge is -2.23. The molecule has 11 heteroatoms. The fourth-order valence-electron chi connectivity index (χ4n) is 3.09. The van der Waals surface area contributed by atoms with E-state index in [2.05, 4.69) is 24.9 Å². The zero-order valence-electron chi connectivity index (χ0n) is 15.3. The summed E-state index contributed by atoms with van der Waals surface area (Å²) >= 11 is 1.46. The number of nitrogens with one attached hydrogen (secondary N) is 1. The molecule has 4 rings (SSSR count). The zero-order chi connectivity index (χ0) is 20.4. The quantitative estimate of drug-likeness (QED) is 0.205. The van der Waals surface area contributed by atoms with Crippen LogP contribution in [0.5, 0.6) is 0 Å². The Morgan fingerprint density at radius 1 is 1.07 bits per heavy atom. The molecule has 29 heavy (non-hydrogen) atoms. The average Bonchev–Trinajstić information content (AvgIpc) is 3.38. The normalized spacial score (nSPS) is 15.0. The van der Waals surface area contributed by atoms with Gasteiger partial charge in [0.1, 0.15) is 23.0 Å². The van der Waals surface area contributed by atoms with Gasteiger partial charge in [0.15, 0.2) is 11.9 Å². The van der Waals surface area contributed by atoms with Gasteiger partial charge in [0, 0.05) is 12.4 Å². The van der Waals surface area contributed by atoms with E-state index in [1.165, 1.54) is 29.0 Å². The van der Waals surface area contributed by atoms with Crippen LogP contribution >= 0.6 is 11.8 Å². The van der Waals surface area contributed by atoms with Gasteiger partial charge < -0.3 is 25.4 Å². The second-order valence-corrected chi connectivity index (χ2v) is 7.46. The monoisotopic (exact) mass is 416 g/mol. The van der Waals surface area contributed by atoms with E-state index >= 15 is 0 Å². The maximum atomic E-state index is 10.4. The number of aromatic amines is 1. The highest BCUT2D eigenvalue weighted by Gasteiger charge is 2.27. The fraction of sp³-hybridized carbons (Fsp3) is 0.333. The van der Waals surface area contributed by atoms with Crippen molar-refractivity contribution in [1.29, 1.82) is 0 Å². The molecule has 0 fully saturated rings. The summed E-state index contributed by atoms with van der Waals surface area (Å²) in [6.07, 6.45) is 0.0621. The Kier molecular flexibility index (Phi) is 5.74. The number of fused-ring (bicyclic) bond motifs is 2. The summed E-state index contributed by atoms with van der Waals surface area (Å²) in [4.78, 5) is 20.2. The number of benzene rings is 1. The summed E-state index contributed by atoms with van der Waals surface area (Å²) in [6, 6.07) is 5.91. The first-order valence-electron chi connectivity index (χ1n) is 8.96. The minimum atomic E-state index is -1.50. The number of aliphatic hydroxyl groups is 4. The number of para-hydroxylation sites is 1. The van der Waals surface area contributed by atoms with E-state index in [0.29, 0.717) is 21.9 Å². The van der Waals surface area contributed by atoms with Crippen LogP contribution in [0.4, 0.5) is 0 Å². The van der Waals surface area contributed by atoms with E-state index in [0.717, 1.165) is 16.6 Å². The highest BCUT2D eigenvalue weighted by molar-refractivity contribution is 7.98. The van der Waals surface area contributed by atoms with E-state index in [1.807, 2.05) is 18.2 Å². The Bertz CT molecular complexity index is 1120. The molecular formula is C18H20N6O4S. The summed E-state index contributed by atoms with van der Waals surface area (Å²) in [7, 11) is 0. The summed E-state index contributed by atoms with van der Waals surface area (Å²) in [5.74, 6) is 0.613. The van der Waals surface area contributed by atoms with E-state index in [4.69, 9.17) is 5.11 Å². The predicted octanol–water partition coefficient (Wildman–Crippen LogP) is 0.590. The molecule has 0 bridgehead atoms. The lowest BCUT2D eigenvalue weighted by Crippen LogP contribution is -2.35. The van der Waals surface area contributed by atoms with Crippen molar-refractivity contribution in [2.24, 2.45) is 0 Å². The Morgan fingerprint density at radius 2 is 1.93 bits per heavy atom. The first-order valence-corrected chi connectivity index (χ1v) is 9.95. The molecule has 3 unspecified atom stereocenters. The van der Waals surface area contributed by atoms with Gasteiger partial charge in [0.2, 0.25) is 0 Å². The maximum Gasteiger partial charge on any atom is 0.166 e. The molecule has 4 aromatic rings. The molecule has 0 spiro atoms. The van der Waals surface area contributed by atoms with Crippen LogP contribution in [0.3, 0.4) is 0 Å². The average molecular weight is 416 g/mol. The van der Waals surface area contributed by atoms with Gasteiger partial charge in [0.05, 0.1) is 29.8 Å². The third kappa shape index (κ3) is 3.82. The fourth-order valence-corrected chi connectivity index (χ4v) is 4.01. The SMILES string of the molecule is OCCC(O)C(O)C(O)n1cnc2c(SCc3cccc4[nH]cnc34)ncnc21. The number of nitrogens with zero attached hydrogens (tertiary/aromatic N) is 5. The number of imidazole rings is 2. The Morgan fingerprint density at radius 3 is 2.76 bits per heavy atom. The van der Waals surface area contributed by atoms with Crippen molar-refractivity contribution in [3.8, 4) is 0 Å². The van der Waals surface area contributed by atoms with Crippen molar-refractivity contribution in [2.45, 2.75) is 35.6 Å². The Labute approximate surface area is 169 Å². The predicted molar refractivity (Wildman–Crippen MR) is 106 cm³/mol. The molecule has 3 aromatic heterocycles.